The molecule has 46 heavy (non-hydrogen) atoms. The van der Waals surface area contributed by atoms with Gasteiger partial charge in [-0.1, -0.05) is 47.2 Å². The lowest BCUT2D eigenvalue weighted by Gasteiger charge is -2.32. The number of fused-ring (bicyclic) bond motifs is 1. The first-order chi connectivity index (χ1) is 22.3. The van der Waals surface area contributed by atoms with Gasteiger partial charge < -0.3 is 14.8 Å². The van der Waals surface area contributed by atoms with E-state index in [1.54, 1.807) is 22.5 Å². The maximum absolute atomic E-state index is 14.4. The molecular weight excluding hydrogens is 640 g/mol. The van der Waals surface area contributed by atoms with E-state index in [0.29, 0.717) is 59.6 Å². The minimum atomic E-state index is -1.06. The van der Waals surface area contributed by atoms with Crippen LogP contribution in [0.3, 0.4) is 0 Å². The fourth-order valence-electron chi connectivity index (χ4n) is 6.54. The van der Waals surface area contributed by atoms with Gasteiger partial charge in [0.05, 0.1) is 0 Å². The Kier molecular flexibility index (Phi) is 9.08. The lowest BCUT2D eigenvalue weighted by Crippen LogP contribution is -2.40. The van der Waals surface area contributed by atoms with Crippen molar-refractivity contribution in [3.05, 3.63) is 81.2 Å². The lowest BCUT2D eigenvalue weighted by molar-refractivity contribution is 0.255. The van der Waals surface area contributed by atoms with Crippen molar-refractivity contribution >= 4 is 57.0 Å². The maximum atomic E-state index is 14.4. The highest BCUT2D eigenvalue weighted by Gasteiger charge is 2.29. The van der Waals surface area contributed by atoms with Gasteiger partial charge in [-0.2, -0.15) is 4.98 Å². The Morgan fingerprint density at radius 3 is 2.43 bits per heavy atom. The Morgan fingerprint density at radius 2 is 1.76 bits per heavy atom. The van der Waals surface area contributed by atoms with E-state index in [4.69, 9.17) is 16.6 Å². The summed E-state index contributed by atoms with van der Waals surface area (Å²) < 4.78 is 15.9. The van der Waals surface area contributed by atoms with Gasteiger partial charge in [-0.25, -0.2) is 4.98 Å². The highest BCUT2D eigenvalue weighted by atomic mass is 35.5. The smallest absolute Gasteiger partial charge is 0.260 e. The normalized spacial score (nSPS) is 17.8. The van der Waals surface area contributed by atoms with Crippen molar-refractivity contribution < 1.29 is 4.55 Å². The van der Waals surface area contributed by atoms with E-state index in [1.165, 1.54) is 29.7 Å². The van der Waals surface area contributed by atoms with E-state index in [0.717, 1.165) is 34.7 Å². The predicted molar refractivity (Wildman–Crippen MR) is 186 cm³/mol. The summed E-state index contributed by atoms with van der Waals surface area (Å²) in [5.41, 5.74) is 6.28. The summed E-state index contributed by atoms with van der Waals surface area (Å²) in [7, 11) is 2.18. The van der Waals surface area contributed by atoms with Crippen molar-refractivity contribution in [1.29, 1.82) is 0 Å². The second-order valence-electron chi connectivity index (χ2n) is 12.1. The number of aromatic nitrogens is 5. The monoisotopic (exact) mass is 674 g/mol. The van der Waals surface area contributed by atoms with Gasteiger partial charge in [-0.05, 0) is 81.6 Å². The van der Waals surface area contributed by atoms with Gasteiger partial charge in [0.1, 0.15) is 22.4 Å². The summed E-state index contributed by atoms with van der Waals surface area (Å²) in [6.07, 6.45) is 7.14. The molecule has 5 aromatic rings. The van der Waals surface area contributed by atoms with Crippen LogP contribution in [0, 0.1) is 0 Å². The minimum absolute atomic E-state index is 0.120. The quantitative estimate of drug-likeness (QED) is 0.204. The molecule has 0 bridgehead atoms. The number of pyridine rings is 1. The van der Waals surface area contributed by atoms with Crippen LogP contribution in [0.2, 0.25) is 5.02 Å². The summed E-state index contributed by atoms with van der Waals surface area (Å²) in [6, 6.07) is 15.8. The number of piperidine rings is 2. The van der Waals surface area contributed by atoms with E-state index in [9.17, 15) is 9.35 Å². The Morgan fingerprint density at radius 1 is 1.00 bits per heavy atom. The number of anilines is 2. The molecule has 0 saturated carbocycles. The van der Waals surface area contributed by atoms with E-state index >= 15 is 0 Å². The molecular formula is C33H35ClN8O2S2. The third-order valence-electron chi connectivity index (χ3n) is 9.15. The van der Waals surface area contributed by atoms with E-state index in [2.05, 4.69) is 56.7 Å². The number of hydrogen-bond donors (Lipinski definition) is 1. The van der Waals surface area contributed by atoms with Crippen LogP contribution < -0.4 is 10.9 Å². The highest BCUT2D eigenvalue weighted by molar-refractivity contribution is 7.88. The largest absolute Gasteiger partial charge is 0.598 e. The summed E-state index contributed by atoms with van der Waals surface area (Å²) in [4.78, 5) is 26.3. The van der Waals surface area contributed by atoms with Crippen LogP contribution in [-0.2, 0) is 11.4 Å². The van der Waals surface area contributed by atoms with Crippen molar-refractivity contribution in [2.75, 3.05) is 44.8 Å². The zero-order chi connectivity index (χ0) is 31.8. The molecule has 1 unspecified atom stereocenters. The highest BCUT2D eigenvalue weighted by Crippen LogP contribution is 2.34. The number of halogens is 1. The zero-order valence-corrected chi connectivity index (χ0v) is 28.1. The molecule has 5 heterocycles. The fourth-order valence-corrected chi connectivity index (χ4v) is 8.10. The van der Waals surface area contributed by atoms with Crippen molar-refractivity contribution in [2.24, 2.45) is 0 Å². The van der Waals surface area contributed by atoms with Crippen LogP contribution in [0.4, 0.5) is 11.6 Å². The third kappa shape index (κ3) is 6.42. The first-order valence-corrected chi connectivity index (χ1v) is 18.2. The van der Waals surface area contributed by atoms with Gasteiger partial charge >= 0.3 is 0 Å². The Balaban J connectivity index is 1.24. The number of nitrogens with one attached hydrogen (secondary N) is 1. The SMILES string of the molecule is CN1CCC(c2ccc(Nc3ncc4cc(-c5ccc(-c6nncs6)cc5Cl)c(=O)n(C5CCN([S+](C)[O-])CC5)c4n3)cc2)CC1. The van der Waals surface area contributed by atoms with Crippen LogP contribution in [0.25, 0.3) is 32.7 Å². The van der Waals surface area contributed by atoms with Crippen LogP contribution in [-0.4, -0.2) is 78.0 Å². The first kappa shape index (κ1) is 31.2. The van der Waals surface area contributed by atoms with Crippen LogP contribution in [0.5, 0.6) is 0 Å². The molecule has 0 spiro atoms. The Labute approximate surface area is 279 Å². The van der Waals surface area contributed by atoms with Crippen molar-refractivity contribution in [1.82, 2.24) is 33.9 Å². The Bertz CT molecular complexity index is 1890. The number of nitrogens with zero attached hydrogens (tertiary/aromatic N) is 7. The summed E-state index contributed by atoms with van der Waals surface area (Å²) >= 11 is 7.17. The van der Waals surface area contributed by atoms with E-state index < -0.39 is 11.4 Å². The Hall–Kier alpha value is -3.39. The predicted octanol–water partition coefficient (Wildman–Crippen LogP) is 6.11. The zero-order valence-electron chi connectivity index (χ0n) is 25.7. The third-order valence-corrected chi connectivity index (χ3v) is 11.3. The summed E-state index contributed by atoms with van der Waals surface area (Å²) in [6.45, 7) is 3.50. The molecule has 1 atom stereocenters. The molecule has 0 radical (unpaired) electrons. The molecule has 238 valence electrons. The molecule has 3 aromatic heterocycles. The molecule has 2 aromatic carbocycles. The molecule has 0 aliphatic carbocycles. The summed E-state index contributed by atoms with van der Waals surface area (Å²) in [5, 5.41) is 13.4. The van der Waals surface area contributed by atoms with Crippen molar-refractivity contribution in [3.8, 4) is 21.7 Å². The average molecular weight is 675 g/mol. The number of likely N-dealkylation sites (tertiary alicyclic amines) is 1. The molecule has 1 N–H and O–H groups in total. The average Bonchev–Trinajstić information content (AvgIpc) is 3.61. The molecule has 7 rings (SSSR count). The lowest BCUT2D eigenvalue weighted by atomic mass is 9.89. The number of benzene rings is 2. The minimum Gasteiger partial charge on any atom is -0.598 e. The fraction of sp³-hybridized carbons (Fsp3) is 0.364. The molecule has 2 fully saturated rings. The molecule has 2 aliphatic rings. The van der Waals surface area contributed by atoms with Crippen LogP contribution in [0.15, 0.2) is 65.0 Å². The molecule has 2 saturated heterocycles. The van der Waals surface area contributed by atoms with Gasteiger partial charge in [0.25, 0.3) is 5.56 Å². The topological polar surface area (TPSA) is 115 Å². The van der Waals surface area contributed by atoms with Crippen molar-refractivity contribution in [2.45, 2.75) is 37.6 Å². The first-order valence-electron chi connectivity index (χ1n) is 15.5. The summed E-state index contributed by atoms with van der Waals surface area (Å²) in [5.74, 6) is 1.00. The molecule has 2 aliphatic heterocycles. The van der Waals surface area contributed by atoms with Gasteiger partial charge in [-0.15, -0.1) is 14.5 Å². The van der Waals surface area contributed by atoms with Crippen LogP contribution >= 0.6 is 22.9 Å². The van der Waals surface area contributed by atoms with E-state index in [1.807, 2.05) is 28.6 Å². The number of rotatable bonds is 7. The maximum Gasteiger partial charge on any atom is 0.260 e. The van der Waals surface area contributed by atoms with Gasteiger partial charge in [0.15, 0.2) is 0 Å². The number of hydrogen-bond acceptors (Lipinski definition) is 10. The standard InChI is InChI=1S/C33H35ClN8O2S2/c1-40-13-9-22(10-14-40)21-3-6-25(7-4-21)37-33-35-19-24-17-28(27-8-5-23(18-29(27)34)31-39-36-20-45-31)32(43)42(30(24)38-33)26-11-15-41(16-12-26)46(2)44/h3-8,17-20,22,26H,9-16H2,1-2H3,(H,35,37,38). The van der Waals surface area contributed by atoms with Gasteiger partial charge in [0, 0.05) is 69.5 Å². The molecule has 13 heteroatoms. The second-order valence-corrected chi connectivity index (χ2v) is 14.7. The second kappa shape index (κ2) is 13.4. The van der Waals surface area contributed by atoms with Crippen LogP contribution in [0.1, 0.15) is 43.2 Å². The van der Waals surface area contributed by atoms with Gasteiger partial charge in [0.2, 0.25) is 5.95 Å². The van der Waals surface area contributed by atoms with Crippen molar-refractivity contribution in [3.63, 3.8) is 0 Å². The molecule has 10 nitrogen and oxygen atoms in total. The molecule has 0 amide bonds. The van der Waals surface area contributed by atoms with Gasteiger partial charge in [-0.3, -0.25) is 9.36 Å². The van der Waals surface area contributed by atoms with E-state index in [-0.39, 0.29) is 11.6 Å².